The number of rotatable bonds is 0. The third-order valence-electron chi connectivity index (χ3n) is 3.39. The number of hydrogen-bond acceptors (Lipinski definition) is 2. The van der Waals surface area contributed by atoms with Crippen molar-refractivity contribution in [1.29, 1.82) is 0 Å². The SMILES string of the molecule is CC.CC(C)(C)N1CCCN(C(C)(C)C)CC1. The van der Waals surface area contributed by atoms with Gasteiger partial charge in [0.25, 0.3) is 0 Å². The molecule has 1 fully saturated rings. The standard InChI is InChI=1S/C13H28N2.C2H6/c1-12(2,3)14-8-7-9-15(11-10-14)13(4,5)6;1-2/h7-11H2,1-6H3;1-2H3. The van der Waals surface area contributed by atoms with Gasteiger partial charge in [0.05, 0.1) is 0 Å². The van der Waals surface area contributed by atoms with Crippen molar-refractivity contribution in [2.75, 3.05) is 26.2 Å². The lowest BCUT2D eigenvalue weighted by Gasteiger charge is -2.37. The fourth-order valence-corrected chi connectivity index (χ4v) is 2.26. The van der Waals surface area contributed by atoms with Crippen molar-refractivity contribution in [2.24, 2.45) is 0 Å². The fourth-order valence-electron chi connectivity index (χ4n) is 2.26. The Bertz CT molecular complexity index is 176. The second kappa shape index (κ2) is 6.75. The molecule has 17 heavy (non-hydrogen) atoms. The van der Waals surface area contributed by atoms with Crippen molar-refractivity contribution in [2.45, 2.75) is 72.9 Å². The summed E-state index contributed by atoms with van der Waals surface area (Å²) in [4.78, 5) is 5.22. The molecular weight excluding hydrogens is 208 g/mol. The molecule has 0 aromatic heterocycles. The first-order chi connectivity index (χ1) is 7.71. The van der Waals surface area contributed by atoms with E-state index in [1.165, 1.54) is 32.6 Å². The molecule has 0 N–H and O–H groups in total. The van der Waals surface area contributed by atoms with E-state index in [2.05, 4.69) is 51.3 Å². The lowest BCUT2D eigenvalue weighted by atomic mass is 10.1. The van der Waals surface area contributed by atoms with Gasteiger partial charge < -0.3 is 0 Å². The summed E-state index contributed by atoms with van der Waals surface area (Å²) in [5.41, 5.74) is 0.655. The van der Waals surface area contributed by atoms with Gasteiger partial charge >= 0.3 is 0 Å². The smallest absolute Gasteiger partial charge is 0.0125 e. The zero-order chi connectivity index (χ0) is 13.7. The second-order valence-corrected chi connectivity index (χ2v) is 6.67. The van der Waals surface area contributed by atoms with Crippen LogP contribution in [0.15, 0.2) is 0 Å². The minimum Gasteiger partial charge on any atom is -0.297 e. The van der Waals surface area contributed by atoms with Crippen LogP contribution in [0.3, 0.4) is 0 Å². The quantitative estimate of drug-likeness (QED) is 0.640. The Labute approximate surface area is 109 Å². The highest BCUT2D eigenvalue weighted by Gasteiger charge is 2.28. The fraction of sp³-hybridized carbons (Fsp3) is 1.00. The zero-order valence-electron chi connectivity index (χ0n) is 13.4. The summed E-state index contributed by atoms with van der Waals surface area (Å²) < 4.78 is 0. The molecule has 0 saturated carbocycles. The van der Waals surface area contributed by atoms with Gasteiger partial charge in [-0.2, -0.15) is 0 Å². The topological polar surface area (TPSA) is 6.48 Å². The van der Waals surface area contributed by atoms with Crippen molar-refractivity contribution < 1.29 is 0 Å². The molecular formula is C15H34N2. The van der Waals surface area contributed by atoms with Gasteiger partial charge in [0.15, 0.2) is 0 Å². The molecule has 0 bridgehead atoms. The molecule has 2 nitrogen and oxygen atoms in total. The van der Waals surface area contributed by atoms with E-state index in [9.17, 15) is 0 Å². The first kappa shape index (κ1) is 16.9. The largest absolute Gasteiger partial charge is 0.297 e. The van der Waals surface area contributed by atoms with Crippen LogP contribution in [0.4, 0.5) is 0 Å². The van der Waals surface area contributed by atoms with E-state index in [-0.39, 0.29) is 0 Å². The minimum atomic E-state index is 0.327. The van der Waals surface area contributed by atoms with Gasteiger partial charge in [-0.05, 0) is 61.1 Å². The molecule has 1 aliphatic heterocycles. The highest BCUT2D eigenvalue weighted by atomic mass is 15.3. The summed E-state index contributed by atoms with van der Waals surface area (Å²) in [5, 5.41) is 0. The molecule has 1 aliphatic rings. The Morgan fingerprint density at radius 2 is 0.882 bits per heavy atom. The molecule has 0 aromatic rings. The predicted octanol–water partition coefficient (Wildman–Crippen LogP) is 3.62. The first-order valence-corrected chi connectivity index (χ1v) is 7.21. The molecule has 0 amide bonds. The molecule has 0 aromatic carbocycles. The number of hydrogen-bond donors (Lipinski definition) is 0. The van der Waals surface area contributed by atoms with Crippen LogP contribution in [-0.4, -0.2) is 47.1 Å². The summed E-state index contributed by atoms with van der Waals surface area (Å²) in [6, 6.07) is 0. The molecule has 0 aliphatic carbocycles. The van der Waals surface area contributed by atoms with Crippen LogP contribution in [0.5, 0.6) is 0 Å². The average Bonchev–Trinajstić information content (AvgIpc) is 2.43. The molecule has 0 unspecified atom stereocenters. The second-order valence-electron chi connectivity index (χ2n) is 6.67. The van der Waals surface area contributed by atoms with E-state index in [1.54, 1.807) is 0 Å². The average molecular weight is 242 g/mol. The Hall–Kier alpha value is -0.0800. The Morgan fingerprint density at radius 1 is 0.588 bits per heavy atom. The van der Waals surface area contributed by atoms with E-state index in [0.717, 1.165) is 0 Å². The lowest BCUT2D eigenvalue weighted by molar-refractivity contribution is 0.116. The monoisotopic (exact) mass is 242 g/mol. The molecule has 0 atom stereocenters. The van der Waals surface area contributed by atoms with Crippen molar-refractivity contribution in [1.82, 2.24) is 9.80 Å². The molecule has 104 valence electrons. The molecule has 1 saturated heterocycles. The third kappa shape index (κ3) is 5.87. The molecule has 1 rings (SSSR count). The molecule has 0 radical (unpaired) electrons. The Balaban J connectivity index is 0.00000121. The lowest BCUT2D eigenvalue weighted by Crippen LogP contribution is -2.46. The van der Waals surface area contributed by atoms with Crippen LogP contribution >= 0.6 is 0 Å². The van der Waals surface area contributed by atoms with Gasteiger partial charge in [-0.1, -0.05) is 13.8 Å². The summed E-state index contributed by atoms with van der Waals surface area (Å²) in [6.07, 6.45) is 1.30. The summed E-state index contributed by atoms with van der Waals surface area (Å²) in [7, 11) is 0. The van der Waals surface area contributed by atoms with Gasteiger partial charge in [0, 0.05) is 24.2 Å². The van der Waals surface area contributed by atoms with Gasteiger partial charge in [-0.3, -0.25) is 9.80 Å². The Kier molecular flexibility index (Phi) is 6.71. The Morgan fingerprint density at radius 3 is 1.12 bits per heavy atom. The maximum absolute atomic E-state index is 2.61. The molecule has 0 spiro atoms. The predicted molar refractivity (Wildman–Crippen MR) is 78.6 cm³/mol. The van der Waals surface area contributed by atoms with Crippen molar-refractivity contribution in [3.63, 3.8) is 0 Å². The van der Waals surface area contributed by atoms with Gasteiger partial charge in [-0.25, -0.2) is 0 Å². The van der Waals surface area contributed by atoms with Crippen LogP contribution in [0, 0.1) is 0 Å². The van der Waals surface area contributed by atoms with E-state index in [4.69, 9.17) is 0 Å². The van der Waals surface area contributed by atoms with E-state index in [1.807, 2.05) is 13.8 Å². The summed E-state index contributed by atoms with van der Waals surface area (Å²) in [6.45, 7) is 22.8. The first-order valence-electron chi connectivity index (χ1n) is 7.21. The summed E-state index contributed by atoms with van der Waals surface area (Å²) in [5.74, 6) is 0. The van der Waals surface area contributed by atoms with Gasteiger partial charge in [0.2, 0.25) is 0 Å². The highest BCUT2D eigenvalue weighted by Crippen LogP contribution is 2.20. The molecule has 2 heteroatoms. The highest BCUT2D eigenvalue weighted by molar-refractivity contribution is 4.84. The van der Waals surface area contributed by atoms with E-state index >= 15 is 0 Å². The van der Waals surface area contributed by atoms with Crippen molar-refractivity contribution >= 4 is 0 Å². The van der Waals surface area contributed by atoms with E-state index < -0.39 is 0 Å². The van der Waals surface area contributed by atoms with Gasteiger partial charge in [-0.15, -0.1) is 0 Å². The van der Waals surface area contributed by atoms with Gasteiger partial charge in [0.1, 0.15) is 0 Å². The summed E-state index contributed by atoms with van der Waals surface area (Å²) >= 11 is 0. The maximum Gasteiger partial charge on any atom is 0.0125 e. The van der Waals surface area contributed by atoms with Crippen molar-refractivity contribution in [3.8, 4) is 0 Å². The van der Waals surface area contributed by atoms with Crippen molar-refractivity contribution in [3.05, 3.63) is 0 Å². The normalized spacial score (nSPS) is 20.5. The van der Waals surface area contributed by atoms with Crippen LogP contribution < -0.4 is 0 Å². The zero-order valence-corrected chi connectivity index (χ0v) is 13.4. The van der Waals surface area contributed by atoms with E-state index in [0.29, 0.717) is 11.1 Å². The van der Waals surface area contributed by atoms with Crippen LogP contribution in [0.1, 0.15) is 61.8 Å². The van der Waals surface area contributed by atoms with Crippen LogP contribution in [0.2, 0.25) is 0 Å². The minimum absolute atomic E-state index is 0.327. The number of nitrogens with zero attached hydrogens (tertiary/aromatic N) is 2. The maximum atomic E-state index is 2.61. The van der Waals surface area contributed by atoms with Crippen LogP contribution in [0.25, 0.3) is 0 Å². The third-order valence-corrected chi connectivity index (χ3v) is 3.39. The molecule has 1 heterocycles. The van der Waals surface area contributed by atoms with Crippen LogP contribution in [-0.2, 0) is 0 Å².